The zero-order chi connectivity index (χ0) is 13.7. The Morgan fingerprint density at radius 3 is 2.63 bits per heavy atom. The molecule has 3 N–H and O–H groups in total. The maximum absolute atomic E-state index is 5.39. The average Bonchev–Trinajstić information content (AvgIpc) is 2.47. The van der Waals surface area contributed by atoms with Gasteiger partial charge in [0.1, 0.15) is 0 Å². The molecule has 1 aliphatic carbocycles. The number of hydrogen-bond acceptors (Lipinski definition) is 7. The van der Waals surface area contributed by atoms with Gasteiger partial charge in [0.05, 0.1) is 6.61 Å². The van der Waals surface area contributed by atoms with Gasteiger partial charge in [-0.2, -0.15) is 15.0 Å². The third-order valence-electron chi connectivity index (χ3n) is 3.44. The Morgan fingerprint density at radius 2 is 2.00 bits per heavy atom. The summed E-state index contributed by atoms with van der Waals surface area (Å²) in [5.41, 5.74) is 2.46. The van der Waals surface area contributed by atoms with Crippen molar-refractivity contribution in [3.05, 3.63) is 0 Å². The van der Waals surface area contributed by atoms with Crippen LogP contribution in [-0.4, -0.2) is 34.6 Å². The van der Waals surface area contributed by atoms with Gasteiger partial charge in [-0.05, 0) is 19.8 Å². The van der Waals surface area contributed by atoms with Crippen LogP contribution in [-0.2, 0) is 0 Å². The van der Waals surface area contributed by atoms with Crippen molar-refractivity contribution in [2.24, 2.45) is 5.84 Å². The van der Waals surface area contributed by atoms with Gasteiger partial charge in [-0.25, -0.2) is 5.84 Å². The number of nitrogen functional groups attached to an aromatic ring is 1. The van der Waals surface area contributed by atoms with E-state index in [2.05, 4.69) is 25.3 Å². The molecule has 1 fully saturated rings. The van der Waals surface area contributed by atoms with Crippen molar-refractivity contribution in [2.75, 3.05) is 24.0 Å². The smallest absolute Gasteiger partial charge is 0.323 e. The molecule has 19 heavy (non-hydrogen) atoms. The largest absolute Gasteiger partial charge is 0.464 e. The number of nitrogens with one attached hydrogen (secondary N) is 1. The van der Waals surface area contributed by atoms with Gasteiger partial charge >= 0.3 is 6.01 Å². The monoisotopic (exact) mass is 266 g/mol. The maximum atomic E-state index is 5.39. The van der Waals surface area contributed by atoms with E-state index in [-0.39, 0.29) is 0 Å². The molecule has 7 heteroatoms. The van der Waals surface area contributed by atoms with Crippen LogP contribution < -0.4 is 20.9 Å². The fraction of sp³-hybridized carbons (Fsp3) is 0.750. The predicted octanol–water partition coefficient (Wildman–Crippen LogP) is 1.32. The molecule has 1 aliphatic rings. The first-order valence-corrected chi connectivity index (χ1v) is 6.83. The van der Waals surface area contributed by atoms with Crippen molar-refractivity contribution < 1.29 is 4.74 Å². The van der Waals surface area contributed by atoms with Crippen LogP contribution in [0.1, 0.15) is 39.0 Å². The first-order valence-electron chi connectivity index (χ1n) is 6.83. The van der Waals surface area contributed by atoms with E-state index in [1.165, 1.54) is 32.1 Å². The molecule has 0 aromatic carbocycles. The van der Waals surface area contributed by atoms with E-state index >= 15 is 0 Å². The molecule has 0 bridgehead atoms. The summed E-state index contributed by atoms with van der Waals surface area (Å²) in [5, 5.41) is 0. The predicted molar refractivity (Wildman–Crippen MR) is 74.1 cm³/mol. The number of anilines is 2. The average molecular weight is 266 g/mol. The SMILES string of the molecule is CCOc1nc(NN)nc(N(C)C2CCCCC2)n1. The van der Waals surface area contributed by atoms with Crippen LogP contribution in [0.3, 0.4) is 0 Å². The number of nitrogens with zero attached hydrogens (tertiary/aromatic N) is 4. The molecule has 1 aromatic heterocycles. The van der Waals surface area contributed by atoms with Crippen LogP contribution in [0.2, 0.25) is 0 Å². The summed E-state index contributed by atoms with van der Waals surface area (Å²) >= 11 is 0. The van der Waals surface area contributed by atoms with Gasteiger partial charge in [0.25, 0.3) is 0 Å². The molecule has 7 nitrogen and oxygen atoms in total. The van der Waals surface area contributed by atoms with Crippen LogP contribution in [0, 0.1) is 0 Å². The zero-order valence-corrected chi connectivity index (χ0v) is 11.6. The van der Waals surface area contributed by atoms with Crippen molar-refractivity contribution >= 4 is 11.9 Å². The molecule has 0 radical (unpaired) electrons. The van der Waals surface area contributed by atoms with Crippen LogP contribution in [0.15, 0.2) is 0 Å². The van der Waals surface area contributed by atoms with Crippen molar-refractivity contribution in [2.45, 2.75) is 45.1 Å². The van der Waals surface area contributed by atoms with Gasteiger partial charge in [-0.15, -0.1) is 0 Å². The molecule has 106 valence electrons. The number of hydrogen-bond donors (Lipinski definition) is 2. The van der Waals surface area contributed by atoms with Crippen molar-refractivity contribution in [3.8, 4) is 6.01 Å². The van der Waals surface area contributed by atoms with E-state index in [0.29, 0.717) is 30.6 Å². The number of hydrazine groups is 1. The third kappa shape index (κ3) is 3.44. The Kier molecular flexibility index (Phi) is 4.73. The Labute approximate surface area is 113 Å². The molecule has 2 rings (SSSR count). The van der Waals surface area contributed by atoms with Gasteiger partial charge in [-0.3, -0.25) is 5.43 Å². The molecular formula is C12H22N6O. The van der Waals surface area contributed by atoms with E-state index < -0.39 is 0 Å². The molecule has 0 spiro atoms. The van der Waals surface area contributed by atoms with Gasteiger partial charge in [0, 0.05) is 13.1 Å². The topological polar surface area (TPSA) is 89.2 Å². The van der Waals surface area contributed by atoms with E-state index in [4.69, 9.17) is 10.6 Å². The summed E-state index contributed by atoms with van der Waals surface area (Å²) in [6.07, 6.45) is 6.21. The van der Waals surface area contributed by atoms with Gasteiger partial charge in [-0.1, -0.05) is 19.3 Å². The van der Waals surface area contributed by atoms with E-state index in [1.807, 2.05) is 14.0 Å². The zero-order valence-electron chi connectivity index (χ0n) is 11.6. The highest BCUT2D eigenvalue weighted by atomic mass is 16.5. The minimum absolute atomic E-state index is 0.308. The molecule has 0 atom stereocenters. The second-order valence-electron chi connectivity index (χ2n) is 4.72. The normalized spacial score (nSPS) is 16.2. The summed E-state index contributed by atoms with van der Waals surface area (Å²) < 4.78 is 5.34. The van der Waals surface area contributed by atoms with Crippen molar-refractivity contribution in [3.63, 3.8) is 0 Å². The number of ether oxygens (including phenoxy) is 1. The first kappa shape index (κ1) is 13.8. The Balaban J connectivity index is 2.18. The van der Waals surface area contributed by atoms with E-state index in [9.17, 15) is 0 Å². The fourth-order valence-corrected chi connectivity index (χ4v) is 2.39. The lowest BCUT2D eigenvalue weighted by Gasteiger charge is -2.31. The number of aromatic nitrogens is 3. The highest BCUT2D eigenvalue weighted by molar-refractivity contribution is 5.38. The minimum atomic E-state index is 0.308. The standard InChI is InChI=1S/C12H22N6O/c1-3-19-12-15-10(17-13)14-11(16-12)18(2)9-7-5-4-6-8-9/h9H,3-8,13H2,1-2H3,(H,14,15,16,17). The Hall–Kier alpha value is -1.63. The molecule has 1 saturated carbocycles. The minimum Gasteiger partial charge on any atom is -0.464 e. The second-order valence-corrected chi connectivity index (χ2v) is 4.72. The molecule has 0 aliphatic heterocycles. The quantitative estimate of drug-likeness (QED) is 0.613. The number of nitrogens with two attached hydrogens (primary N) is 1. The third-order valence-corrected chi connectivity index (χ3v) is 3.44. The fourth-order valence-electron chi connectivity index (χ4n) is 2.39. The molecule has 0 amide bonds. The molecular weight excluding hydrogens is 244 g/mol. The van der Waals surface area contributed by atoms with E-state index in [1.54, 1.807) is 0 Å². The van der Waals surface area contributed by atoms with Gasteiger partial charge in [0.15, 0.2) is 0 Å². The Morgan fingerprint density at radius 1 is 1.26 bits per heavy atom. The van der Waals surface area contributed by atoms with Crippen LogP contribution >= 0.6 is 0 Å². The Bertz CT molecular complexity index is 407. The lowest BCUT2D eigenvalue weighted by molar-refractivity contribution is 0.311. The summed E-state index contributed by atoms with van der Waals surface area (Å²) in [5.74, 6) is 6.32. The highest BCUT2D eigenvalue weighted by Gasteiger charge is 2.21. The molecule has 1 aromatic rings. The van der Waals surface area contributed by atoms with Crippen LogP contribution in [0.25, 0.3) is 0 Å². The second kappa shape index (κ2) is 6.51. The molecule has 1 heterocycles. The lowest BCUT2D eigenvalue weighted by atomic mass is 9.95. The van der Waals surface area contributed by atoms with Crippen LogP contribution in [0.4, 0.5) is 11.9 Å². The van der Waals surface area contributed by atoms with Gasteiger partial charge < -0.3 is 9.64 Å². The van der Waals surface area contributed by atoms with Crippen molar-refractivity contribution in [1.82, 2.24) is 15.0 Å². The van der Waals surface area contributed by atoms with Gasteiger partial charge in [0.2, 0.25) is 11.9 Å². The van der Waals surface area contributed by atoms with Crippen LogP contribution in [0.5, 0.6) is 6.01 Å². The molecule has 0 unspecified atom stereocenters. The summed E-state index contributed by atoms with van der Waals surface area (Å²) in [6, 6.07) is 0.791. The highest BCUT2D eigenvalue weighted by Crippen LogP contribution is 2.25. The summed E-state index contributed by atoms with van der Waals surface area (Å²) in [7, 11) is 2.02. The first-order chi connectivity index (χ1) is 9.24. The molecule has 0 saturated heterocycles. The van der Waals surface area contributed by atoms with Crippen molar-refractivity contribution in [1.29, 1.82) is 0 Å². The summed E-state index contributed by atoms with van der Waals surface area (Å²) in [4.78, 5) is 14.8. The maximum Gasteiger partial charge on any atom is 0.323 e. The summed E-state index contributed by atoms with van der Waals surface area (Å²) in [6.45, 7) is 2.41. The number of rotatable bonds is 5. The lowest BCUT2D eigenvalue weighted by Crippen LogP contribution is -2.35. The van der Waals surface area contributed by atoms with E-state index in [0.717, 1.165) is 0 Å².